The molecule has 1 heterocycles. The lowest BCUT2D eigenvalue weighted by atomic mass is 9.96. The Hall–Kier alpha value is -2.09. The summed E-state index contributed by atoms with van der Waals surface area (Å²) in [6, 6.07) is 13.5. The first-order valence-corrected chi connectivity index (χ1v) is 6.62. The third-order valence-corrected chi connectivity index (χ3v) is 3.46. The number of benzene rings is 2. The number of ether oxygens (including phenoxy) is 1. The first-order valence-electron chi connectivity index (χ1n) is 6.62. The van der Waals surface area contributed by atoms with Gasteiger partial charge in [0.2, 0.25) is 0 Å². The van der Waals surface area contributed by atoms with Crippen LogP contribution in [0.1, 0.15) is 33.5 Å². The van der Waals surface area contributed by atoms with Gasteiger partial charge in [-0.2, -0.15) is 0 Å². The van der Waals surface area contributed by atoms with Crippen LogP contribution in [-0.4, -0.2) is 12.4 Å². The fourth-order valence-electron chi connectivity index (χ4n) is 2.51. The molecule has 3 rings (SSSR count). The summed E-state index contributed by atoms with van der Waals surface area (Å²) in [6.45, 7) is 2.69. The summed E-state index contributed by atoms with van der Waals surface area (Å²) in [5, 5.41) is 0. The van der Waals surface area contributed by atoms with Gasteiger partial charge in [0.25, 0.3) is 0 Å². The van der Waals surface area contributed by atoms with E-state index in [-0.39, 0.29) is 5.78 Å². The molecule has 96 valence electrons. The number of carbonyl (C=O) groups is 1. The van der Waals surface area contributed by atoms with Crippen molar-refractivity contribution in [3.63, 3.8) is 0 Å². The maximum atomic E-state index is 12.6. The molecule has 0 atom stereocenters. The van der Waals surface area contributed by atoms with Gasteiger partial charge < -0.3 is 4.74 Å². The Morgan fingerprint density at radius 3 is 2.84 bits per heavy atom. The minimum absolute atomic E-state index is 0.0439. The molecule has 0 N–H and O–H groups in total. The average Bonchev–Trinajstić information content (AvgIpc) is 2.46. The van der Waals surface area contributed by atoms with Gasteiger partial charge in [-0.15, -0.1) is 0 Å². The Morgan fingerprint density at radius 2 is 2.00 bits per heavy atom. The number of aryl methyl sites for hydroxylation is 2. The second-order valence-corrected chi connectivity index (χ2v) is 4.94. The summed E-state index contributed by atoms with van der Waals surface area (Å²) >= 11 is 0. The van der Waals surface area contributed by atoms with E-state index in [1.165, 1.54) is 0 Å². The normalized spacial score (nSPS) is 13.5. The van der Waals surface area contributed by atoms with E-state index in [1.54, 1.807) is 0 Å². The van der Waals surface area contributed by atoms with Crippen LogP contribution in [0.25, 0.3) is 0 Å². The molecular formula is C17H16O2. The third kappa shape index (κ3) is 2.26. The Bertz CT molecular complexity index is 629. The molecule has 0 aliphatic carbocycles. The Balaban J connectivity index is 2.05. The van der Waals surface area contributed by atoms with E-state index in [9.17, 15) is 4.79 Å². The summed E-state index contributed by atoms with van der Waals surface area (Å²) in [5.74, 6) is 0.822. The van der Waals surface area contributed by atoms with Gasteiger partial charge in [-0.1, -0.05) is 35.9 Å². The van der Waals surface area contributed by atoms with E-state index in [0.717, 1.165) is 35.3 Å². The highest BCUT2D eigenvalue weighted by Gasteiger charge is 2.20. The molecule has 2 nitrogen and oxygen atoms in total. The van der Waals surface area contributed by atoms with Crippen LogP contribution in [0.15, 0.2) is 42.5 Å². The van der Waals surface area contributed by atoms with E-state index in [2.05, 4.69) is 0 Å². The molecule has 19 heavy (non-hydrogen) atoms. The second-order valence-electron chi connectivity index (χ2n) is 4.94. The summed E-state index contributed by atoms with van der Waals surface area (Å²) < 4.78 is 5.71. The highest BCUT2D eigenvalue weighted by molar-refractivity contribution is 6.11. The molecule has 2 aromatic carbocycles. The van der Waals surface area contributed by atoms with Crippen LogP contribution in [0.5, 0.6) is 5.75 Å². The number of hydrogen-bond donors (Lipinski definition) is 0. The van der Waals surface area contributed by atoms with Crippen molar-refractivity contribution in [3.05, 3.63) is 64.7 Å². The van der Waals surface area contributed by atoms with E-state index in [0.29, 0.717) is 12.2 Å². The fraction of sp³-hybridized carbons (Fsp3) is 0.235. The van der Waals surface area contributed by atoms with Crippen molar-refractivity contribution in [3.8, 4) is 5.75 Å². The maximum Gasteiger partial charge on any atom is 0.196 e. The van der Waals surface area contributed by atoms with Gasteiger partial charge in [-0.05, 0) is 37.5 Å². The van der Waals surface area contributed by atoms with Crippen LogP contribution in [0.4, 0.5) is 0 Å². The van der Waals surface area contributed by atoms with Crippen molar-refractivity contribution in [2.24, 2.45) is 0 Å². The number of hydrogen-bond acceptors (Lipinski definition) is 2. The molecule has 2 aromatic rings. The van der Waals surface area contributed by atoms with E-state index in [1.807, 2.05) is 49.4 Å². The van der Waals surface area contributed by atoms with Gasteiger partial charge in [0.15, 0.2) is 5.78 Å². The van der Waals surface area contributed by atoms with Gasteiger partial charge in [-0.3, -0.25) is 4.79 Å². The van der Waals surface area contributed by atoms with Crippen molar-refractivity contribution >= 4 is 5.78 Å². The monoisotopic (exact) mass is 252 g/mol. The third-order valence-electron chi connectivity index (χ3n) is 3.46. The van der Waals surface area contributed by atoms with Gasteiger partial charge in [-0.25, -0.2) is 0 Å². The molecule has 0 saturated heterocycles. The predicted molar refractivity (Wildman–Crippen MR) is 74.9 cm³/mol. The molecule has 1 aliphatic heterocycles. The summed E-state index contributed by atoms with van der Waals surface area (Å²) in [6.07, 6.45) is 2.01. The van der Waals surface area contributed by atoms with Crippen LogP contribution in [-0.2, 0) is 6.42 Å². The first-order chi connectivity index (χ1) is 9.25. The van der Waals surface area contributed by atoms with Crippen LogP contribution in [0.3, 0.4) is 0 Å². The predicted octanol–water partition coefficient (Wildman–Crippen LogP) is 3.55. The summed E-state index contributed by atoms with van der Waals surface area (Å²) in [7, 11) is 0. The molecular weight excluding hydrogens is 236 g/mol. The van der Waals surface area contributed by atoms with Gasteiger partial charge in [0, 0.05) is 5.56 Å². The minimum atomic E-state index is 0.0439. The van der Waals surface area contributed by atoms with Crippen molar-refractivity contribution in [2.45, 2.75) is 19.8 Å². The van der Waals surface area contributed by atoms with Crippen LogP contribution >= 0.6 is 0 Å². The number of rotatable bonds is 2. The zero-order valence-corrected chi connectivity index (χ0v) is 11.0. The van der Waals surface area contributed by atoms with E-state index < -0.39 is 0 Å². The topological polar surface area (TPSA) is 26.3 Å². The van der Waals surface area contributed by atoms with E-state index in [4.69, 9.17) is 4.74 Å². The molecule has 0 unspecified atom stereocenters. The molecule has 0 saturated carbocycles. The molecule has 0 amide bonds. The number of ketones is 1. The van der Waals surface area contributed by atoms with Gasteiger partial charge >= 0.3 is 0 Å². The smallest absolute Gasteiger partial charge is 0.196 e. The lowest BCUT2D eigenvalue weighted by molar-refractivity contribution is 0.103. The number of para-hydroxylation sites is 1. The van der Waals surface area contributed by atoms with Crippen molar-refractivity contribution < 1.29 is 9.53 Å². The van der Waals surface area contributed by atoms with Crippen molar-refractivity contribution in [1.82, 2.24) is 0 Å². The first kappa shape index (κ1) is 12.0. The lowest BCUT2D eigenvalue weighted by Gasteiger charge is -2.19. The molecule has 0 aromatic heterocycles. The van der Waals surface area contributed by atoms with E-state index >= 15 is 0 Å². The zero-order valence-electron chi connectivity index (χ0n) is 11.0. The minimum Gasteiger partial charge on any atom is -0.493 e. The maximum absolute atomic E-state index is 12.6. The highest BCUT2D eigenvalue weighted by Crippen LogP contribution is 2.30. The second kappa shape index (κ2) is 4.88. The van der Waals surface area contributed by atoms with Crippen LogP contribution in [0, 0.1) is 6.92 Å². The molecule has 2 heteroatoms. The van der Waals surface area contributed by atoms with Gasteiger partial charge in [0.05, 0.1) is 12.2 Å². The van der Waals surface area contributed by atoms with Crippen molar-refractivity contribution in [2.75, 3.05) is 6.61 Å². The molecule has 0 bridgehead atoms. The lowest BCUT2D eigenvalue weighted by Crippen LogP contribution is -2.13. The Morgan fingerprint density at radius 1 is 1.16 bits per heavy atom. The Labute approximate surface area is 113 Å². The Kier molecular flexibility index (Phi) is 3.08. The molecule has 1 aliphatic rings. The quantitative estimate of drug-likeness (QED) is 0.764. The number of carbonyl (C=O) groups excluding carboxylic acids is 1. The molecule has 0 spiro atoms. The number of fused-ring (bicyclic) bond motifs is 1. The highest BCUT2D eigenvalue weighted by atomic mass is 16.5. The van der Waals surface area contributed by atoms with Crippen LogP contribution < -0.4 is 4.74 Å². The van der Waals surface area contributed by atoms with Crippen molar-refractivity contribution in [1.29, 1.82) is 0 Å². The average molecular weight is 252 g/mol. The van der Waals surface area contributed by atoms with Gasteiger partial charge in [0.1, 0.15) is 5.75 Å². The molecule has 0 fully saturated rings. The summed E-state index contributed by atoms with van der Waals surface area (Å²) in [5.41, 5.74) is 3.65. The zero-order chi connectivity index (χ0) is 13.2. The largest absolute Gasteiger partial charge is 0.493 e. The SMILES string of the molecule is Cc1cccc(C(=O)c2cccc3c2OCCC3)c1. The van der Waals surface area contributed by atoms with Crippen LogP contribution in [0.2, 0.25) is 0 Å². The fourth-order valence-corrected chi connectivity index (χ4v) is 2.51. The standard InChI is InChI=1S/C17H16O2/c1-12-5-2-7-14(11-12)16(18)15-9-3-6-13-8-4-10-19-17(13)15/h2-3,5-7,9,11H,4,8,10H2,1H3. The summed E-state index contributed by atoms with van der Waals surface area (Å²) in [4.78, 5) is 12.6. The molecule has 0 radical (unpaired) electrons.